The zero-order valence-corrected chi connectivity index (χ0v) is 15.7. The lowest BCUT2D eigenvalue weighted by atomic mass is 9.87. The van der Waals surface area contributed by atoms with Crippen molar-refractivity contribution >= 4 is 0 Å². The van der Waals surface area contributed by atoms with E-state index < -0.39 is 0 Å². The molecule has 0 unspecified atom stereocenters. The zero-order valence-electron chi connectivity index (χ0n) is 15.7. The van der Waals surface area contributed by atoms with Gasteiger partial charge in [-0.3, -0.25) is 4.90 Å². The first kappa shape index (κ1) is 18.6. The standard InChI is InChI=1S/C20H26FN5/c1-24(13-17-9-18(21)7-6-15(17)10-22)12-16-5-4-8-25(2)20(16)19-11-23-14-26(19)3/h6-7,9,11,14,16,20H,4-5,8,12-13H2,1-3H3/t16-,20+/m0/s1. The van der Waals surface area contributed by atoms with Gasteiger partial charge in [-0.25, -0.2) is 9.37 Å². The zero-order chi connectivity index (χ0) is 18.7. The summed E-state index contributed by atoms with van der Waals surface area (Å²) in [5, 5.41) is 9.27. The summed E-state index contributed by atoms with van der Waals surface area (Å²) in [7, 11) is 6.25. The first-order valence-corrected chi connectivity index (χ1v) is 9.03. The highest BCUT2D eigenvalue weighted by Crippen LogP contribution is 2.35. The maximum atomic E-state index is 13.6. The van der Waals surface area contributed by atoms with E-state index in [1.807, 2.05) is 26.6 Å². The van der Waals surface area contributed by atoms with Gasteiger partial charge in [0.05, 0.1) is 29.7 Å². The van der Waals surface area contributed by atoms with Gasteiger partial charge in [-0.1, -0.05) is 0 Å². The number of aryl methyl sites for hydroxylation is 1. The van der Waals surface area contributed by atoms with E-state index in [-0.39, 0.29) is 5.82 Å². The number of hydrogen-bond donors (Lipinski definition) is 0. The fraction of sp³-hybridized carbons (Fsp3) is 0.500. The van der Waals surface area contributed by atoms with Gasteiger partial charge in [0, 0.05) is 26.3 Å². The first-order valence-electron chi connectivity index (χ1n) is 9.03. The van der Waals surface area contributed by atoms with E-state index in [9.17, 15) is 9.65 Å². The molecule has 26 heavy (non-hydrogen) atoms. The van der Waals surface area contributed by atoms with E-state index >= 15 is 0 Å². The molecule has 138 valence electrons. The molecule has 3 rings (SSSR count). The molecule has 1 aromatic carbocycles. The Hall–Kier alpha value is -2.23. The Labute approximate surface area is 154 Å². The Morgan fingerprint density at radius 1 is 1.38 bits per heavy atom. The van der Waals surface area contributed by atoms with Crippen LogP contribution in [0.15, 0.2) is 30.7 Å². The summed E-state index contributed by atoms with van der Waals surface area (Å²) in [5.74, 6) is 0.172. The molecule has 1 saturated heterocycles. The van der Waals surface area contributed by atoms with Crippen LogP contribution in [0.1, 0.15) is 35.7 Å². The van der Waals surface area contributed by atoms with E-state index in [4.69, 9.17) is 0 Å². The first-order chi connectivity index (χ1) is 12.5. The van der Waals surface area contributed by atoms with Crippen molar-refractivity contribution in [2.75, 3.05) is 27.2 Å². The SMILES string of the molecule is CN(Cc1cc(F)ccc1C#N)C[C@@H]1CCCN(C)[C@H]1c1cncn1C. The van der Waals surface area contributed by atoms with E-state index in [0.717, 1.165) is 25.1 Å². The largest absolute Gasteiger partial charge is 0.336 e. The lowest BCUT2D eigenvalue weighted by Gasteiger charge is -2.40. The molecule has 0 aliphatic carbocycles. The number of likely N-dealkylation sites (tertiary alicyclic amines) is 1. The van der Waals surface area contributed by atoms with Crippen molar-refractivity contribution in [2.24, 2.45) is 13.0 Å². The van der Waals surface area contributed by atoms with Gasteiger partial charge < -0.3 is 9.47 Å². The summed E-state index contributed by atoms with van der Waals surface area (Å²) in [6.45, 7) is 2.54. The summed E-state index contributed by atoms with van der Waals surface area (Å²) in [5.41, 5.74) is 2.52. The third kappa shape index (κ3) is 3.95. The molecule has 0 amide bonds. The van der Waals surface area contributed by atoms with Crippen LogP contribution < -0.4 is 0 Å². The second-order valence-corrected chi connectivity index (χ2v) is 7.37. The molecular formula is C20H26FN5. The molecule has 6 heteroatoms. The van der Waals surface area contributed by atoms with Crippen LogP contribution in [0, 0.1) is 23.1 Å². The molecule has 1 fully saturated rings. The predicted octanol–water partition coefficient (Wildman–Crippen LogP) is 2.95. The maximum absolute atomic E-state index is 13.6. The molecule has 5 nitrogen and oxygen atoms in total. The van der Waals surface area contributed by atoms with Gasteiger partial charge in [0.15, 0.2) is 0 Å². The summed E-state index contributed by atoms with van der Waals surface area (Å²) < 4.78 is 15.7. The molecular weight excluding hydrogens is 329 g/mol. The summed E-state index contributed by atoms with van der Waals surface area (Å²) >= 11 is 0. The number of benzene rings is 1. The third-order valence-corrected chi connectivity index (χ3v) is 5.34. The third-order valence-electron chi connectivity index (χ3n) is 5.34. The van der Waals surface area contributed by atoms with Crippen molar-refractivity contribution in [3.05, 3.63) is 53.4 Å². The average molecular weight is 355 g/mol. The van der Waals surface area contributed by atoms with E-state index in [1.54, 1.807) is 6.07 Å². The van der Waals surface area contributed by atoms with Crippen molar-refractivity contribution in [3.63, 3.8) is 0 Å². The highest BCUT2D eigenvalue weighted by Gasteiger charge is 2.33. The van der Waals surface area contributed by atoms with Crippen LogP contribution in [-0.4, -0.2) is 46.5 Å². The van der Waals surface area contributed by atoms with Gasteiger partial charge in [-0.2, -0.15) is 5.26 Å². The van der Waals surface area contributed by atoms with Gasteiger partial charge in [-0.05, 0) is 63.2 Å². The minimum atomic E-state index is -0.294. The van der Waals surface area contributed by atoms with Crippen LogP contribution in [0.3, 0.4) is 0 Å². The Morgan fingerprint density at radius 3 is 2.88 bits per heavy atom. The van der Waals surface area contributed by atoms with Crippen LogP contribution in [0.25, 0.3) is 0 Å². The molecule has 1 aliphatic rings. The monoisotopic (exact) mass is 355 g/mol. The number of halogens is 1. The van der Waals surface area contributed by atoms with Crippen molar-refractivity contribution < 1.29 is 4.39 Å². The van der Waals surface area contributed by atoms with Gasteiger partial charge in [0.2, 0.25) is 0 Å². The second-order valence-electron chi connectivity index (χ2n) is 7.37. The number of imidazole rings is 1. The van der Waals surface area contributed by atoms with Crippen LogP contribution in [0.4, 0.5) is 4.39 Å². The van der Waals surface area contributed by atoms with Crippen molar-refractivity contribution in [1.29, 1.82) is 5.26 Å². The average Bonchev–Trinajstić information content (AvgIpc) is 3.01. The molecule has 1 aromatic heterocycles. The highest BCUT2D eigenvalue weighted by molar-refractivity contribution is 5.37. The predicted molar refractivity (Wildman–Crippen MR) is 98.8 cm³/mol. The molecule has 0 bridgehead atoms. The molecule has 0 spiro atoms. The lowest BCUT2D eigenvalue weighted by Crippen LogP contribution is -2.41. The molecule has 0 N–H and O–H groups in total. The second kappa shape index (κ2) is 7.98. The molecule has 0 radical (unpaired) electrons. The Kier molecular flexibility index (Phi) is 5.70. The van der Waals surface area contributed by atoms with Crippen molar-refractivity contribution in [3.8, 4) is 6.07 Å². The lowest BCUT2D eigenvalue weighted by molar-refractivity contribution is 0.0880. The highest BCUT2D eigenvalue weighted by atomic mass is 19.1. The van der Waals surface area contributed by atoms with Gasteiger partial charge in [-0.15, -0.1) is 0 Å². The Morgan fingerprint density at radius 2 is 2.19 bits per heavy atom. The van der Waals surface area contributed by atoms with Crippen molar-refractivity contribution in [1.82, 2.24) is 19.4 Å². The van der Waals surface area contributed by atoms with E-state index in [0.29, 0.717) is 24.1 Å². The molecule has 2 atom stereocenters. The molecule has 0 saturated carbocycles. The normalized spacial score (nSPS) is 21.1. The summed E-state index contributed by atoms with van der Waals surface area (Å²) in [4.78, 5) is 8.89. The molecule has 1 aliphatic heterocycles. The van der Waals surface area contributed by atoms with Gasteiger partial charge >= 0.3 is 0 Å². The maximum Gasteiger partial charge on any atom is 0.123 e. The molecule has 2 aromatic rings. The number of nitriles is 1. The van der Waals surface area contributed by atoms with E-state index in [2.05, 4.69) is 32.5 Å². The van der Waals surface area contributed by atoms with E-state index in [1.165, 1.54) is 24.2 Å². The fourth-order valence-electron chi connectivity index (χ4n) is 4.13. The minimum Gasteiger partial charge on any atom is -0.336 e. The number of rotatable bonds is 5. The number of piperidine rings is 1. The molecule has 2 heterocycles. The Balaban J connectivity index is 1.75. The fourth-order valence-corrected chi connectivity index (χ4v) is 4.13. The van der Waals surface area contributed by atoms with Gasteiger partial charge in [0.25, 0.3) is 0 Å². The number of aromatic nitrogens is 2. The minimum absolute atomic E-state index is 0.294. The van der Waals surface area contributed by atoms with Crippen LogP contribution in [0.5, 0.6) is 0 Å². The number of hydrogen-bond acceptors (Lipinski definition) is 4. The van der Waals surface area contributed by atoms with Crippen LogP contribution >= 0.6 is 0 Å². The van der Waals surface area contributed by atoms with Crippen LogP contribution in [-0.2, 0) is 13.6 Å². The van der Waals surface area contributed by atoms with Crippen molar-refractivity contribution in [2.45, 2.75) is 25.4 Å². The summed E-state index contributed by atoms with van der Waals surface area (Å²) in [6.07, 6.45) is 6.13. The quantitative estimate of drug-likeness (QED) is 0.827. The smallest absolute Gasteiger partial charge is 0.123 e. The topological polar surface area (TPSA) is 48.1 Å². The van der Waals surface area contributed by atoms with Crippen LogP contribution in [0.2, 0.25) is 0 Å². The Bertz CT molecular complexity index is 794. The van der Waals surface area contributed by atoms with Gasteiger partial charge in [0.1, 0.15) is 5.82 Å². The number of nitrogens with zero attached hydrogens (tertiary/aromatic N) is 5. The summed E-state index contributed by atoms with van der Waals surface area (Å²) in [6, 6.07) is 6.86.